The number of aromatic nitrogens is 1. The molecular formula is C16H17N3O3S. The van der Waals surface area contributed by atoms with Crippen LogP contribution in [0.5, 0.6) is 0 Å². The second-order valence-corrected chi connectivity index (χ2v) is 6.18. The van der Waals surface area contributed by atoms with Gasteiger partial charge in [0.25, 0.3) is 5.91 Å². The van der Waals surface area contributed by atoms with Crippen LogP contribution in [0.2, 0.25) is 0 Å². The smallest absolute Gasteiger partial charge is 0.251 e. The molecule has 1 aromatic carbocycles. The molecule has 0 radical (unpaired) electrons. The summed E-state index contributed by atoms with van der Waals surface area (Å²) in [6.07, 6.45) is 0. The number of thiazole rings is 1. The Morgan fingerprint density at radius 3 is 2.91 bits per heavy atom. The van der Waals surface area contributed by atoms with Gasteiger partial charge in [-0.1, -0.05) is 30.3 Å². The lowest BCUT2D eigenvalue weighted by Crippen LogP contribution is -2.54. The third kappa shape index (κ3) is 3.75. The van der Waals surface area contributed by atoms with Crippen LogP contribution in [-0.4, -0.2) is 41.0 Å². The van der Waals surface area contributed by atoms with E-state index in [2.05, 4.69) is 10.3 Å². The molecule has 7 heteroatoms. The Morgan fingerprint density at radius 1 is 1.43 bits per heavy atom. The Hall–Kier alpha value is -2.25. The largest absolute Gasteiger partial charge is 0.369 e. The summed E-state index contributed by atoms with van der Waals surface area (Å²) < 4.78 is 5.26. The second kappa shape index (κ2) is 6.89. The molecule has 3 rings (SSSR count). The fraction of sp³-hybridized carbons (Fsp3) is 0.312. The standard InChI is InChI=1S/C16H17N3O3S/c1-11-10-23-16(17-11)18-15(21)13-8-22-9-14(20)19(13)7-12-5-3-2-4-6-12/h2-6,10,13H,7-9H2,1H3,(H,17,18,21)/t13-/m1/s1. The van der Waals surface area contributed by atoms with Crippen molar-refractivity contribution in [3.8, 4) is 0 Å². The normalized spacial score (nSPS) is 18.0. The fourth-order valence-electron chi connectivity index (χ4n) is 2.40. The zero-order valence-corrected chi connectivity index (χ0v) is 13.5. The molecule has 2 heterocycles. The van der Waals surface area contributed by atoms with Crippen molar-refractivity contribution in [3.63, 3.8) is 0 Å². The van der Waals surface area contributed by atoms with Crippen LogP contribution in [0.25, 0.3) is 0 Å². The molecule has 0 bridgehead atoms. The molecule has 6 nitrogen and oxygen atoms in total. The maximum absolute atomic E-state index is 12.5. The average Bonchev–Trinajstić information content (AvgIpc) is 2.95. The van der Waals surface area contributed by atoms with Gasteiger partial charge in [-0.25, -0.2) is 4.98 Å². The highest BCUT2D eigenvalue weighted by Gasteiger charge is 2.34. The van der Waals surface area contributed by atoms with Gasteiger partial charge in [0, 0.05) is 11.9 Å². The monoisotopic (exact) mass is 331 g/mol. The molecule has 1 saturated heterocycles. The van der Waals surface area contributed by atoms with Crippen LogP contribution in [0.1, 0.15) is 11.3 Å². The molecule has 0 spiro atoms. The van der Waals surface area contributed by atoms with Crippen LogP contribution >= 0.6 is 11.3 Å². The van der Waals surface area contributed by atoms with Crippen LogP contribution in [0.3, 0.4) is 0 Å². The Balaban J connectivity index is 1.74. The lowest BCUT2D eigenvalue weighted by molar-refractivity contribution is -0.154. The van der Waals surface area contributed by atoms with E-state index < -0.39 is 6.04 Å². The summed E-state index contributed by atoms with van der Waals surface area (Å²) >= 11 is 1.36. The Labute approximate surface area is 138 Å². The van der Waals surface area contributed by atoms with Crippen molar-refractivity contribution in [1.82, 2.24) is 9.88 Å². The van der Waals surface area contributed by atoms with E-state index >= 15 is 0 Å². The number of nitrogens with one attached hydrogen (secondary N) is 1. The number of amides is 2. The van der Waals surface area contributed by atoms with E-state index in [-0.39, 0.29) is 25.0 Å². The topological polar surface area (TPSA) is 71.5 Å². The molecule has 1 N–H and O–H groups in total. The third-order valence-corrected chi connectivity index (χ3v) is 4.42. The first-order chi connectivity index (χ1) is 11.1. The maximum Gasteiger partial charge on any atom is 0.251 e. The van der Waals surface area contributed by atoms with Crippen LogP contribution in [0.4, 0.5) is 5.13 Å². The van der Waals surface area contributed by atoms with Crippen molar-refractivity contribution in [3.05, 3.63) is 47.0 Å². The number of hydrogen-bond acceptors (Lipinski definition) is 5. The maximum atomic E-state index is 12.5. The number of ether oxygens (including phenoxy) is 1. The van der Waals surface area contributed by atoms with Crippen LogP contribution in [-0.2, 0) is 20.9 Å². The van der Waals surface area contributed by atoms with Crippen LogP contribution in [0.15, 0.2) is 35.7 Å². The highest BCUT2D eigenvalue weighted by atomic mass is 32.1. The Bertz CT molecular complexity index is 702. The molecule has 1 aliphatic rings. The van der Waals surface area contributed by atoms with Gasteiger partial charge in [0.05, 0.1) is 12.3 Å². The van der Waals surface area contributed by atoms with Gasteiger partial charge in [0.15, 0.2) is 5.13 Å². The minimum absolute atomic E-state index is 0.00692. The highest BCUT2D eigenvalue weighted by molar-refractivity contribution is 7.13. The summed E-state index contributed by atoms with van der Waals surface area (Å²) in [4.78, 5) is 30.5. The van der Waals surface area contributed by atoms with Crippen LogP contribution in [0, 0.1) is 6.92 Å². The highest BCUT2D eigenvalue weighted by Crippen LogP contribution is 2.18. The number of hydrogen-bond donors (Lipinski definition) is 1. The number of carbonyl (C=O) groups is 2. The minimum atomic E-state index is -0.652. The van der Waals surface area contributed by atoms with Gasteiger partial charge in [-0.05, 0) is 12.5 Å². The molecular weight excluding hydrogens is 314 g/mol. The third-order valence-electron chi connectivity index (χ3n) is 3.55. The molecule has 0 unspecified atom stereocenters. The quantitative estimate of drug-likeness (QED) is 0.927. The first kappa shape index (κ1) is 15.6. The van der Waals surface area contributed by atoms with Crippen molar-refractivity contribution >= 4 is 28.3 Å². The molecule has 0 aliphatic carbocycles. The fourth-order valence-corrected chi connectivity index (χ4v) is 3.09. The Kier molecular flexibility index (Phi) is 4.68. The molecule has 23 heavy (non-hydrogen) atoms. The SMILES string of the molecule is Cc1csc(NC(=O)[C@H]2COCC(=O)N2Cc2ccccc2)n1. The lowest BCUT2D eigenvalue weighted by atomic mass is 10.1. The number of benzene rings is 1. The van der Waals surface area contributed by atoms with Gasteiger partial charge in [0.1, 0.15) is 12.6 Å². The van der Waals surface area contributed by atoms with E-state index in [1.54, 1.807) is 4.90 Å². The van der Waals surface area contributed by atoms with E-state index in [1.807, 2.05) is 42.6 Å². The summed E-state index contributed by atoms with van der Waals surface area (Å²) in [5.41, 5.74) is 1.83. The van der Waals surface area contributed by atoms with Crippen molar-refractivity contribution in [1.29, 1.82) is 0 Å². The second-order valence-electron chi connectivity index (χ2n) is 5.32. The molecule has 1 atom stereocenters. The molecule has 120 valence electrons. The van der Waals surface area contributed by atoms with Gasteiger partial charge in [-0.2, -0.15) is 0 Å². The van der Waals surface area contributed by atoms with E-state index in [9.17, 15) is 9.59 Å². The molecule has 0 saturated carbocycles. The molecule has 1 aromatic heterocycles. The van der Waals surface area contributed by atoms with Gasteiger partial charge >= 0.3 is 0 Å². The van der Waals surface area contributed by atoms with Crippen molar-refractivity contribution in [2.75, 3.05) is 18.5 Å². The molecule has 2 amide bonds. The van der Waals surface area contributed by atoms with Gasteiger partial charge in [-0.3, -0.25) is 9.59 Å². The molecule has 1 aliphatic heterocycles. The van der Waals surface area contributed by atoms with Gasteiger partial charge in [0.2, 0.25) is 5.91 Å². The molecule has 2 aromatic rings. The minimum Gasteiger partial charge on any atom is -0.369 e. The van der Waals surface area contributed by atoms with Gasteiger partial charge in [-0.15, -0.1) is 11.3 Å². The number of aryl methyl sites for hydroxylation is 1. The van der Waals surface area contributed by atoms with E-state index in [4.69, 9.17) is 4.74 Å². The predicted molar refractivity (Wildman–Crippen MR) is 87.1 cm³/mol. The summed E-state index contributed by atoms with van der Waals surface area (Å²) in [6, 6.07) is 8.95. The lowest BCUT2D eigenvalue weighted by Gasteiger charge is -2.34. The van der Waals surface area contributed by atoms with Crippen molar-refractivity contribution < 1.29 is 14.3 Å². The Morgan fingerprint density at radius 2 is 2.22 bits per heavy atom. The number of nitrogens with zero attached hydrogens (tertiary/aromatic N) is 2. The number of morpholine rings is 1. The first-order valence-electron chi connectivity index (χ1n) is 7.27. The van der Waals surface area contributed by atoms with Crippen LogP contribution < -0.4 is 5.32 Å². The van der Waals surface area contributed by atoms with E-state index in [0.717, 1.165) is 11.3 Å². The van der Waals surface area contributed by atoms with Crippen molar-refractivity contribution in [2.24, 2.45) is 0 Å². The molecule has 1 fully saturated rings. The summed E-state index contributed by atoms with van der Waals surface area (Å²) in [6.45, 7) is 2.45. The number of anilines is 1. The van der Waals surface area contributed by atoms with Crippen molar-refractivity contribution in [2.45, 2.75) is 19.5 Å². The van der Waals surface area contributed by atoms with E-state index in [0.29, 0.717) is 11.7 Å². The first-order valence-corrected chi connectivity index (χ1v) is 8.15. The zero-order valence-electron chi connectivity index (χ0n) is 12.7. The predicted octanol–water partition coefficient (Wildman–Crippen LogP) is 1.82. The summed E-state index contributed by atoms with van der Waals surface area (Å²) in [5.74, 6) is -0.459. The average molecular weight is 331 g/mol. The van der Waals surface area contributed by atoms with Gasteiger partial charge < -0.3 is 15.0 Å². The number of carbonyl (C=O) groups excluding carboxylic acids is 2. The van der Waals surface area contributed by atoms with E-state index in [1.165, 1.54) is 11.3 Å². The summed E-state index contributed by atoms with van der Waals surface area (Å²) in [7, 11) is 0. The summed E-state index contributed by atoms with van der Waals surface area (Å²) in [5, 5.41) is 5.16. The zero-order chi connectivity index (χ0) is 16.2. The number of rotatable bonds is 4.